The fourth-order valence-electron chi connectivity index (χ4n) is 3.25. The van der Waals surface area contributed by atoms with E-state index >= 15 is 0 Å². The first kappa shape index (κ1) is 18.7. The van der Waals surface area contributed by atoms with Crippen LogP contribution in [0.25, 0.3) is 35.2 Å². The van der Waals surface area contributed by atoms with E-state index in [4.69, 9.17) is 5.73 Å². The van der Waals surface area contributed by atoms with E-state index in [2.05, 4.69) is 104 Å². The maximum absolute atomic E-state index is 6.26. The lowest BCUT2D eigenvalue weighted by Crippen LogP contribution is -1.91. The van der Waals surface area contributed by atoms with Crippen molar-refractivity contribution in [2.45, 2.75) is 13.8 Å². The zero-order valence-corrected chi connectivity index (χ0v) is 16.8. The average molecular weight is 377 g/mol. The van der Waals surface area contributed by atoms with E-state index in [1.807, 2.05) is 12.3 Å². The molecule has 0 spiro atoms. The van der Waals surface area contributed by atoms with Crippen molar-refractivity contribution >= 4 is 40.9 Å². The van der Waals surface area contributed by atoms with Gasteiger partial charge in [0.1, 0.15) is 0 Å². The molecule has 2 heteroatoms. The van der Waals surface area contributed by atoms with Gasteiger partial charge in [-0.15, -0.1) is 0 Å². The second kappa shape index (κ2) is 8.15. The number of benzene rings is 3. The van der Waals surface area contributed by atoms with Crippen molar-refractivity contribution < 1.29 is 0 Å². The van der Waals surface area contributed by atoms with E-state index in [1.165, 1.54) is 22.3 Å². The van der Waals surface area contributed by atoms with Crippen LogP contribution in [0.3, 0.4) is 0 Å². The van der Waals surface area contributed by atoms with Gasteiger partial charge >= 0.3 is 0 Å². The molecular weight excluding hydrogens is 352 g/mol. The van der Waals surface area contributed by atoms with Crippen molar-refractivity contribution in [3.8, 4) is 0 Å². The van der Waals surface area contributed by atoms with Gasteiger partial charge in [-0.05, 0) is 54.3 Å². The monoisotopic (exact) mass is 376 g/mol. The highest BCUT2D eigenvalue weighted by Crippen LogP contribution is 2.24. The van der Waals surface area contributed by atoms with Gasteiger partial charge in [0, 0.05) is 11.6 Å². The van der Waals surface area contributed by atoms with Gasteiger partial charge in [-0.2, -0.15) is 0 Å². The predicted molar refractivity (Wildman–Crippen MR) is 126 cm³/mol. The molecule has 29 heavy (non-hydrogen) atoms. The summed E-state index contributed by atoms with van der Waals surface area (Å²) in [7, 11) is 0. The predicted octanol–water partition coefficient (Wildman–Crippen LogP) is 6.77. The Morgan fingerprint density at radius 1 is 0.621 bits per heavy atom. The van der Waals surface area contributed by atoms with Gasteiger partial charge in [0.25, 0.3) is 0 Å². The summed E-state index contributed by atoms with van der Waals surface area (Å²) in [4.78, 5) is 4.58. The van der Waals surface area contributed by atoms with E-state index in [9.17, 15) is 0 Å². The first-order chi connectivity index (χ1) is 14.1. The first-order valence-corrected chi connectivity index (χ1v) is 9.76. The third kappa shape index (κ3) is 4.61. The molecule has 0 unspecified atom stereocenters. The standard InChI is InChI=1S/C27H24N2/c1-19-3-7-21(8-4-19)11-13-23-15-25-16-24(18-29-27(25)26(28)17-23)14-12-22-9-5-20(2)6-10-22/h3-18H,28H2,1-2H3/b13-11+,14-12+. The molecule has 4 aromatic rings. The zero-order valence-electron chi connectivity index (χ0n) is 16.8. The Morgan fingerprint density at radius 2 is 1.10 bits per heavy atom. The Kier molecular flexibility index (Phi) is 5.26. The maximum atomic E-state index is 6.26. The lowest BCUT2D eigenvalue weighted by Gasteiger charge is -2.05. The van der Waals surface area contributed by atoms with Gasteiger partial charge in [0.2, 0.25) is 0 Å². The summed E-state index contributed by atoms with van der Waals surface area (Å²) in [6.07, 6.45) is 10.3. The van der Waals surface area contributed by atoms with Crippen LogP contribution in [-0.2, 0) is 0 Å². The van der Waals surface area contributed by atoms with Gasteiger partial charge in [-0.1, -0.05) is 84.0 Å². The topological polar surface area (TPSA) is 38.9 Å². The van der Waals surface area contributed by atoms with Crippen LogP contribution in [0.4, 0.5) is 5.69 Å². The lowest BCUT2D eigenvalue weighted by atomic mass is 10.0. The maximum Gasteiger partial charge on any atom is 0.0931 e. The van der Waals surface area contributed by atoms with Gasteiger partial charge in [0.05, 0.1) is 11.2 Å². The fourth-order valence-corrected chi connectivity index (χ4v) is 3.25. The molecule has 0 fully saturated rings. The molecule has 0 aliphatic carbocycles. The first-order valence-electron chi connectivity index (χ1n) is 9.76. The highest BCUT2D eigenvalue weighted by atomic mass is 14.7. The van der Waals surface area contributed by atoms with E-state index < -0.39 is 0 Å². The van der Waals surface area contributed by atoms with E-state index in [0.717, 1.165) is 22.0 Å². The molecule has 0 saturated carbocycles. The number of aromatic nitrogens is 1. The van der Waals surface area contributed by atoms with Crippen LogP contribution >= 0.6 is 0 Å². The summed E-state index contributed by atoms with van der Waals surface area (Å²) in [6, 6.07) is 23.2. The smallest absolute Gasteiger partial charge is 0.0931 e. The number of hydrogen-bond donors (Lipinski definition) is 1. The Labute approximate surface area is 172 Å². The summed E-state index contributed by atoms with van der Waals surface area (Å²) in [5, 5.41) is 1.04. The highest BCUT2D eigenvalue weighted by molar-refractivity contribution is 5.93. The van der Waals surface area contributed by atoms with Crippen molar-refractivity contribution in [3.63, 3.8) is 0 Å². The lowest BCUT2D eigenvalue weighted by molar-refractivity contribution is 1.40. The molecule has 0 aliphatic rings. The number of aryl methyl sites for hydroxylation is 2. The molecule has 3 aromatic carbocycles. The molecule has 2 nitrogen and oxygen atoms in total. The van der Waals surface area contributed by atoms with Crippen LogP contribution < -0.4 is 5.73 Å². The molecule has 4 rings (SSSR count). The molecule has 0 amide bonds. The van der Waals surface area contributed by atoms with E-state index in [0.29, 0.717) is 5.69 Å². The van der Waals surface area contributed by atoms with Crippen molar-refractivity contribution in [2.24, 2.45) is 0 Å². The van der Waals surface area contributed by atoms with Gasteiger partial charge < -0.3 is 5.73 Å². The van der Waals surface area contributed by atoms with Crippen molar-refractivity contribution in [2.75, 3.05) is 5.73 Å². The third-order valence-electron chi connectivity index (χ3n) is 4.95. The molecule has 0 aliphatic heterocycles. The summed E-state index contributed by atoms with van der Waals surface area (Å²) in [5.74, 6) is 0. The molecule has 1 aromatic heterocycles. The Balaban J connectivity index is 1.62. The number of fused-ring (bicyclic) bond motifs is 1. The number of pyridine rings is 1. The molecule has 0 radical (unpaired) electrons. The summed E-state index contributed by atoms with van der Waals surface area (Å²) in [5.41, 5.74) is 14.8. The van der Waals surface area contributed by atoms with E-state index in [1.54, 1.807) is 0 Å². The van der Waals surface area contributed by atoms with Crippen molar-refractivity contribution in [1.29, 1.82) is 0 Å². The minimum absolute atomic E-state index is 0.695. The zero-order chi connectivity index (χ0) is 20.2. The Hall–Kier alpha value is -3.65. The average Bonchev–Trinajstić information content (AvgIpc) is 2.73. The molecule has 0 bridgehead atoms. The van der Waals surface area contributed by atoms with Crippen LogP contribution in [0.15, 0.2) is 72.9 Å². The number of rotatable bonds is 4. The molecular formula is C27H24N2. The summed E-state index contributed by atoms with van der Waals surface area (Å²) in [6.45, 7) is 4.19. The van der Waals surface area contributed by atoms with Crippen molar-refractivity contribution in [3.05, 3.63) is 106 Å². The minimum Gasteiger partial charge on any atom is -0.397 e. The highest BCUT2D eigenvalue weighted by Gasteiger charge is 2.03. The number of nitrogens with two attached hydrogens (primary N) is 1. The molecule has 1 heterocycles. The van der Waals surface area contributed by atoms with Crippen LogP contribution in [0.1, 0.15) is 33.4 Å². The van der Waals surface area contributed by atoms with Crippen LogP contribution in [-0.4, -0.2) is 4.98 Å². The second-order valence-corrected chi connectivity index (χ2v) is 7.44. The SMILES string of the molecule is Cc1ccc(/C=C/c2cnc3c(N)cc(/C=C/c4ccc(C)cc4)cc3c2)cc1. The molecule has 142 valence electrons. The van der Waals surface area contributed by atoms with Gasteiger partial charge in [0.15, 0.2) is 0 Å². The fraction of sp³-hybridized carbons (Fsp3) is 0.0741. The molecule has 2 N–H and O–H groups in total. The quantitative estimate of drug-likeness (QED) is 0.315. The van der Waals surface area contributed by atoms with Gasteiger partial charge in [-0.3, -0.25) is 4.98 Å². The molecule has 0 saturated heterocycles. The Morgan fingerprint density at radius 3 is 1.69 bits per heavy atom. The third-order valence-corrected chi connectivity index (χ3v) is 4.95. The molecule has 0 atom stereocenters. The largest absolute Gasteiger partial charge is 0.397 e. The van der Waals surface area contributed by atoms with Crippen LogP contribution in [0.5, 0.6) is 0 Å². The van der Waals surface area contributed by atoms with Crippen LogP contribution in [0, 0.1) is 13.8 Å². The summed E-state index contributed by atoms with van der Waals surface area (Å²) < 4.78 is 0. The number of nitrogen functional groups attached to an aromatic ring is 1. The number of nitrogens with zero attached hydrogens (tertiary/aromatic N) is 1. The normalized spacial score (nSPS) is 11.7. The van der Waals surface area contributed by atoms with Gasteiger partial charge in [-0.25, -0.2) is 0 Å². The number of hydrogen-bond acceptors (Lipinski definition) is 2. The second-order valence-electron chi connectivity index (χ2n) is 7.44. The minimum atomic E-state index is 0.695. The van der Waals surface area contributed by atoms with E-state index in [-0.39, 0.29) is 0 Å². The van der Waals surface area contributed by atoms with Crippen molar-refractivity contribution in [1.82, 2.24) is 4.98 Å². The van der Waals surface area contributed by atoms with Crippen LogP contribution in [0.2, 0.25) is 0 Å². The summed E-state index contributed by atoms with van der Waals surface area (Å²) >= 11 is 0. The number of anilines is 1. The Bertz CT molecular complexity index is 1190.